The van der Waals surface area contributed by atoms with Gasteiger partial charge in [0.25, 0.3) is 0 Å². The topological polar surface area (TPSA) is 119 Å². The molecule has 0 unspecified atom stereocenters. The summed E-state index contributed by atoms with van der Waals surface area (Å²) in [6, 6.07) is 8.35. The van der Waals surface area contributed by atoms with Gasteiger partial charge in [-0.1, -0.05) is 68.4 Å². The second-order valence-electron chi connectivity index (χ2n) is 12.6. The maximum atomic E-state index is 12.5. The quantitative estimate of drug-likeness (QED) is 0.191. The van der Waals surface area contributed by atoms with Crippen LogP contribution in [0, 0.1) is 0 Å². The summed E-state index contributed by atoms with van der Waals surface area (Å²) in [6.07, 6.45) is 7.95. The Labute approximate surface area is 244 Å². The van der Waals surface area contributed by atoms with Crippen molar-refractivity contribution in [3.63, 3.8) is 0 Å². The summed E-state index contributed by atoms with van der Waals surface area (Å²) in [4.78, 5) is 35.5. The first-order valence-electron chi connectivity index (χ1n) is 14.8. The minimum Gasteiger partial charge on any atom is -0.444 e. The van der Waals surface area contributed by atoms with Gasteiger partial charge < -0.3 is 18.9 Å². The number of likely N-dealkylation sites (tertiary alicyclic amines) is 1. The lowest BCUT2D eigenvalue weighted by molar-refractivity contribution is 0.0555. The predicted molar refractivity (Wildman–Crippen MR) is 159 cm³/mol. The van der Waals surface area contributed by atoms with Crippen LogP contribution in [0.5, 0.6) is 0 Å². The lowest BCUT2D eigenvalue weighted by atomic mass is 10.0. The number of ether oxygens (including phenoxy) is 2. The summed E-state index contributed by atoms with van der Waals surface area (Å²) in [6.45, 7) is 13.7. The number of guanidine groups is 1. The van der Waals surface area contributed by atoms with Crippen LogP contribution in [-0.2, 0) is 15.9 Å². The highest BCUT2D eigenvalue weighted by atomic mass is 16.6. The van der Waals surface area contributed by atoms with Crippen molar-refractivity contribution in [2.75, 3.05) is 13.1 Å². The standard InChI is InChI=1S/C31H47N5O5/c1-8-9-10-11-12-13-14-22-15-17-23(18-16-22)25-32-26(41-35-25)24-19-20-36(21-24)27(33-28(37)39-30(2,3)4)34-29(38)40-31(5,6)7/h15-18,24H,8-14,19-21H2,1-7H3,(H,33,34,37,38)/t24-/m1/s1. The third-order valence-corrected chi connectivity index (χ3v) is 6.51. The normalized spacial score (nSPS) is 16.1. The predicted octanol–water partition coefficient (Wildman–Crippen LogP) is 7.24. The Morgan fingerprint density at radius 3 is 2.32 bits per heavy atom. The molecule has 0 spiro atoms. The molecule has 0 saturated carbocycles. The maximum absolute atomic E-state index is 12.5. The van der Waals surface area contributed by atoms with E-state index in [1.807, 2.05) is 12.1 Å². The molecule has 10 nitrogen and oxygen atoms in total. The van der Waals surface area contributed by atoms with Crippen LogP contribution in [0.4, 0.5) is 9.59 Å². The largest absolute Gasteiger partial charge is 0.444 e. The van der Waals surface area contributed by atoms with Crippen LogP contribution in [0.25, 0.3) is 11.4 Å². The summed E-state index contributed by atoms with van der Waals surface area (Å²) in [7, 11) is 0. The van der Waals surface area contributed by atoms with E-state index in [0.717, 1.165) is 12.0 Å². The van der Waals surface area contributed by atoms with E-state index in [1.54, 1.807) is 46.4 Å². The zero-order valence-corrected chi connectivity index (χ0v) is 25.8. The Hall–Kier alpha value is -3.43. The van der Waals surface area contributed by atoms with E-state index in [4.69, 9.17) is 14.0 Å². The molecule has 1 aliphatic heterocycles. The highest BCUT2D eigenvalue weighted by Crippen LogP contribution is 2.28. The molecule has 0 bridgehead atoms. The molecule has 10 heteroatoms. The Bertz CT molecular complexity index is 1160. The van der Waals surface area contributed by atoms with Crippen LogP contribution in [0.3, 0.4) is 0 Å². The zero-order chi connectivity index (χ0) is 30.0. The van der Waals surface area contributed by atoms with E-state index >= 15 is 0 Å². The Balaban J connectivity index is 1.63. The van der Waals surface area contributed by atoms with Crippen LogP contribution in [0.2, 0.25) is 0 Å². The minimum absolute atomic E-state index is 0.0664. The molecule has 1 fully saturated rings. The highest BCUT2D eigenvalue weighted by Gasteiger charge is 2.32. The first-order chi connectivity index (χ1) is 19.3. The summed E-state index contributed by atoms with van der Waals surface area (Å²) in [5.74, 6) is 1.02. The first-order valence-corrected chi connectivity index (χ1v) is 14.8. The molecule has 41 heavy (non-hydrogen) atoms. The molecule has 1 aromatic carbocycles. The molecule has 1 aromatic heterocycles. The lowest BCUT2D eigenvalue weighted by Crippen LogP contribution is -2.45. The van der Waals surface area contributed by atoms with Crippen LogP contribution in [0.15, 0.2) is 33.8 Å². The van der Waals surface area contributed by atoms with Crippen LogP contribution >= 0.6 is 0 Å². The molecule has 3 rings (SSSR count). The van der Waals surface area contributed by atoms with Gasteiger partial charge in [0.2, 0.25) is 17.7 Å². The van der Waals surface area contributed by atoms with Gasteiger partial charge in [-0.15, -0.1) is 4.99 Å². The molecule has 2 aromatic rings. The number of unbranched alkanes of at least 4 members (excludes halogenated alkanes) is 5. The van der Waals surface area contributed by atoms with E-state index < -0.39 is 23.4 Å². The molecule has 1 atom stereocenters. The number of carbonyl (C=O) groups excluding carboxylic acids is 2. The number of aromatic nitrogens is 2. The van der Waals surface area contributed by atoms with Crippen molar-refractivity contribution in [3.8, 4) is 11.4 Å². The van der Waals surface area contributed by atoms with Gasteiger partial charge in [-0.05, 0) is 66.4 Å². The Morgan fingerprint density at radius 2 is 1.66 bits per heavy atom. The SMILES string of the molecule is CCCCCCCCc1ccc(-c2noc([C@@H]3CCN(/C(=N\C(=O)OC(C)(C)C)NC(=O)OC(C)(C)C)C3)n2)cc1. The van der Waals surface area contributed by atoms with Gasteiger partial charge in [0.1, 0.15) is 11.2 Å². The Morgan fingerprint density at radius 1 is 1.00 bits per heavy atom. The molecule has 1 aliphatic rings. The number of aryl methyl sites for hydroxylation is 1. The monoisotopic (exact) mass is 569 g/mol. The van der Waals surface area contributed by atoms with Gasteiger partial charge >= 0.3 is 12.2 Å². The second-order valence-corrected chi connectivity index (χ2v) is 12.6. The maximum Gasteiger partial charge on any atom is 0.437 e. The van der Waals surface area contributed by atoms with Crippen molar-refractivity contribution in [1.29, 1.82) is 0 Å². The van der Waals surface area contributed by atoms with Crippen molar-refractivity contribution >= 4 is 18.1 Å². The van der Waals surface area contributed by atoms with Crippen molar-refractivity contribution in [2.24, 2.45) is 4.99 Å². The fraction of sp³-hybridized carbons (Fsp3) is 0.645. The number of hydrogen-bond acceptors (Lipinski definition) is 7. The third kappa shape index (κ3) is 11.2. The molecule has 226 valence electrons. The number of aliphatic imine (C=N–C) groups is 1. The van der Waals surface area contributed by atoms with Crippen molar-refractivity contribution in [2.45, 2.75) is 117 Å². The average molecular weight is 570 g/mol. The molecule has 1 N–H and O–H groups in total. The summed E-state index contributed by atoms with van der Waals surface area (Å²) in [5.41, 5.74) is 0.785. The van der Waals surface area contributed by atoms with Gasteiger partial charge in [-0.2, -0.15) is 4.98 Å². The van der Waals surface area contributed by atoms with E-state index in [0.29, 0.717) is 31.2 Å². The number of carbonyl (C=O) groups is 2. The number of amides is 2. The average Bonchev–Trinajstić information content (AvgIpc) is 3.54. The molecular weight excluding hydrogens is 522 g/mol. The number of nitrogens with one attached hydrogen (secondary N) is 1. The van der Waals surface area contributed by atoms with E-state index in [2.05, 4.69) is 39.5 Å². The fourth-order valence-corrected chi connectivity index (χ4v) is 4.55. The van der Waals surface area contributed by atoms with Gasteiger partial charge in [0.15, 0.2) is 0 Å². The highest BCUT2D eigenvalue weighted by molar-refractivity contribution is 5.99. The first kappa shape index (κ1) is 32.1. The molecule has 1 saturated heterocycles. The summed E-state index contributed by atoms with van der Waals surface area (Å²) in [5, 5.41) is 6.83. The number of benzene rings is 1. The summed E-state index contributed by atoms with van der Waals surface area (Å²) >= 11 is 0. The minimum atomic E-state index is -0.799. The smallest absolute Gasteiger partial charge is 0.437 e. The fourth-order valence-electron chi connectivity index (χ4n) is 4.55. The van der Waals surface area contributed by atoms with Crippen LogP contribution in [-0.4, -0.2) is 57.5 Å². The van der Waals surface area contributed by atoms with Gasteiger partial charge in [0.05, 0.1) is 5.92 Å². The molecule has 0 aliphatic carbocycles. The van der Waals surface area contributed by atoms with E-state index in [9.17, 15) is 9.59 Å². The van der Waals surface area contributed by atoms with Crippen LogP contribution in [0.1, 0.15) is 111 Å². The third-order valence-electron chi connectivity index (χ3n) is 6.51. The lowest BCUT2D eigenvalue weighted by Gasteiger charge is -2.24. The molecule has 2 heterocycles. The number of rotatable bonds is 9. The van der Waals surface area contributed by atoms with Gasteiger partial charge in [-0.25, -0.2) is 9.59 Å². The van der Waals surface area contributed by atoms with Crippen molar-refractivity contribution in [3.05, 3.63) is 35.7 Å². The molecular formula is C31H47N5O5. The van der Waals surface area contributed by atoms with Gasteiger partial charge in [-0.3, -0.25) is 5.32 Å². The number of alkyl carbamates (subject to hydrolysis) is 1. The van der Waals surface area contributed by atoms with Crippen molar-refractivity contribution in [1.82, 2.24) is 20.4 Å². The van der Waals surface area contributed by atoms with Gasteiger partial charge in [0, 0.05) is 18.7 Å². The van der Waals surface area contributed by atoms with E-state index in [1.165, 1.54) is 44.1 Å². The zero-order valence-electron chi connectivity index (χ0n) is 25.8. The number of nitrogens with zero attached hydrogens (tertiary/aromatic N) is 4. The summed E-state index contributed by atoms with van der Waals surface area (Å²) < 4.78 is 16.3. The molecule has 0 radical (unpaired) electrons. The number of hydrogen-bond donors (Lipinski definition) is 1. The van der Waals surface area contributed by atoms with Crippen LogP contribution < -0.4 is 5.32 Å². The molecule has 2 amide bonds. The van der Waals surface area contributed by atoms with Crippen molar-refractivity contribution < 1.29 is 23.6 Å². The van der Waals surface area contributed by atoms with E-state index in [-0.39, 0.29) is 11.9 Å². The Kier molecular flexibility index (Phi) is 11.3. The second kappa shape index (κ2) is 14.5.